The quantitative estimate of drug-likeness (QED) is 0.241. The topological polar surface area (TPSA) is 52.1 Å². The van der Waals surface area contributed by atoms with Crippen LogP contribution in [-0.2, 0) is 11.2 Å². The van der Waals surface area contributed by atoms with Crippen molar-refractivity contribution in [2.24, 2.45) is 5.92 Å². The Morgan fingerprint density at radius 2 is 1.76 bits per heavy atom. The molecule has 29 heavy (non-hydrogen) atoms. The van der Waals surface area contributed by atoms with E-state index in [0.717, 1.165) is 18.4 Å². The van der Waals surface area contributed by atoms with Crippen molar-refractivity contribution in [3.63, 3.8) is 0 Å². The number of alkyl halides is 1. The normalized spacial score (nSPS) is 12.2. The van der Waals surface area contributed by atoms with Gasteiger partial charge in [-0.3, -0.25) is 4.79 Å². The number of aryl methyl sites for hydroxylation is 1. The summed E-state index contributed by atoms with van der Waals surface area (Å²) in [6.07, 6.45) is 10.9. The highest BCUT2D eigenvalue weighted by molar-refractivity contribution is 6.30. The van der Waals surface area contributed by atoms with Gasteiger partial charge in [0.25, 0.3) is 0 Å². The molecule has 4 nitrogen and oxygen atoms in total. The number of rotatable bonds is 11. The van der Waals surface area contributed by atoms with E-state index in [1.165, 1.54) is 44.5 Å². The SMILES string of the molecule is CCCCCCCCc1ccc(-c2ncc(OC(=O)C(Cl)C(C)C)cn2)c(F)c1. The van der Waals surface area contributed by atoms with Crippen molar-refractivity contribution in [3.05, 3.63) is 42.0 Å². The van der Waals surface area contributed by atoms with E-state index in [1.54, 1.807) is 12.1 Å². The van der Waals surface area contributed by atoms with Gasteiger partial charge < -0.3 is 4.74 Å². The fourth-order valence-corrected chi connectivity index (χ4v) is 3.00. The zero-order valence-electron chi connectivity index (χ0n) is 17.5. The summed E-state index contributed by atoms with van der Waals surface area (Å²) in [5.74, 6) is -0.514. The van der Waals surface area contributed by atoms with Crippen molar-refractivity contribution in [1.82, 2.24) is 9.97 Å². The molecule has 0 saturated heterocycles. The Kier molecular flexibility index (Phi) is 9.52. The molecule has 2 aromatic rings. The second-order valence-corrected chi connectivity index (χ2v) is 8.11. The van der Waals surface area contributed by atoms with Gasteiger partial charge in [-0.05, 0) is 36.5 Å². The predicted molar refractivity (Wildman–Crippen MR) is 115 cm³/mol. The minimum Gasteiger partial charge on any atom is -0.422 e. The van der Waals surface area contributed by atoms with Crippen molar-refractivity contribution in [2.45, 2.75) is 71.1 Å². The first-order valence-corrected chi connectivity index (χ1v) is 10.8. The first-order valence-electron chi connectivity index (χ1n) is 10.4. The molecule has 0 bridgehead atoms. The Morgan fingerprint density at radius 1 is 1.10 bits per heavy atom. The van der Waals surface area contributed by atoms with Gasteiger partial charge in [0.2, 0.25) is 0 Å². The van der Waals surface area contributed by atoms with Crippen LogP contribution in [0.15, 0.2) is 30.6 Å². The molecule has 0 aliphatic carbocycles. The molecule has 158 valence electrons. The zero-order valence-corrected chi connectivity index (χ0v) is 18.2. The maximum absolute atomic E-state index is 14.5. The number of hydrogen-bond acceptors (Lipinski definition) is 4. The number of nitrogens with zero attached hydrogens (tertiary/aromatic N) is 2. The Morgan fingerprint density at radius 3 is 2.38 bits per heavy atom. The van der Waals surface area contributed by atoms with Crippen molar-refractivity contribution in [3.8, 4) is 17.1 Å². The average Bonchev–Trinajstić information content (AvgIpc) is 2.70. The van der Waals surface area contributed by atoms with Crippen LogP contribution in [0.5, 0.6) is 5.75 Å². The van der Waals surface area contributed by atoms with Crippen LogP contribution in [0.25, 0.3) is 11.4 Å². The molecule has 0 amide bonds. The van der Waals surface area contributed by atoms with Gasteiger partial charge in [-0.25, -0.2) is 14.4 Å². The van der Waals surface area contributed by atoms with E-state index in [9.17, 15) is 9.18 Å². The summed E-state index contributed by atoms with van der Waals surface area (Å²) >= 11 is 5.98. The lowest BCUT2D eigenvalue weighted by molar-refractivity contribution is -0.134. The van der Waals surface area contributed by atoms with Crippen LogP contribution >= 0.6 is 11.6 Å². The third-order valence-corrected chi connectivity index (χ3v) is 5.43. The number of ether oxygens (including phenoxy) is 1. The number of unbranched alkanes of at least 4 members (excludes halogenated alkanes) is 5. The minimum atomic E-state index is -0.744. The van der Waals surface area contributed by atoms with Crippen molar-refractivity contribution >= 4 is 17.6 Å². The molecule has 2 rings (SSSR count). The minimum absolute atomic E-state index is 0.0479. The van der Waals surface area contributed by atoms with Gasteiger partial charge in [-0.15, -0.1) is 11.6 Å². The van der Waals surface area contributed by atoms with Gasteiger partial charge in [0.1, 0.15) is 11.2 Å². The monoisotopic (exact) mass is 420 g/mol. The van der Waals surface area contributed by atoms with Crippen molar-refractivity contribution in [1.29, 1.82) is 0 Å². The van der Waals surface area contributed by atoms with Crippen molar-refractivity contribution < 1.29 is 13.9 Å². The summed E-state index contributed by atoms with van der Waals surface area (Å²) < 4.78 is 19.7. The lowest BCUT2D eigenvalue weighted by Crippen LogP contribution is -2.25. The van der Waals surface area contributed by atoms with E-state index in [-0.39, 0.29) is 23.3 Å². The summed E-state index contributed by atoms with van der Waals surface area (Å²) in [5.41, 5.74) is 1.31. The molecule has 1 atom stereocenters. The Labute approximate surface area is 177 Å². The zero-order chi connectivity index (χ0) is 21.2. The molecule has 0 radical (unpaired) electrons. The van der Waals surface area contributed by atoms with E-state index < -0.39 is 11.3 Å². The number of halogens is 2. The third kappa shape index (κ3) is 7.39. The van der Waals surface area contributed by atoms with Gasteiger partial charge in [-0.1, -0.05) is 58.9 Å². The summed E-state index contributed by atoms with van der Waals surface area (Å²) in [4.78, 5) is 20.1. The first-order chi connectivity index (χ1) is 13.9. The summed E-state index contributed by atoms with van der Waals surface area (Å²) in [5, 5.41) is -0.744. The highest BCUT2D eigenvalue weighted by atomic mass is 35.5. The highest BCUT2D eigenvalue weighted by Gasteiger charge is 2.21. The fourth-order valence-electron chi connectivity index (χ4n) is 2.96. The molecule has 0 saturated carbocycles. The fraction of sp³-hybridized carbons (Fsp3) is 0.522. The van der Waals surface area contributed by atoms with Gasteiger partial charge in [0, 0.05) is 0 Å². The van der Waals surface area contributed by atoms with E-state index in [4.69, 9.17) is 16.3 Å². The molecule has 0 N–H and O–H groups in total. The largest absolute Gasteiger partial charge is 0.422 e. The number of benzene rings is 1. The van der Waals surface area contributed by atoms with Crippen LogP contribution in [-0.4, -0.2) is 21.3 Å². The molecule has 0 spiro atoms. The van der Waals surface area contributed by atoms with Crippen LogP contribution in [0.1, 0.15) is 64.9 Å². The summed E-state index contributed by atoms with van der Waals surface area (Å²) in [7, 11) is 0. The third-order valence-electron chi connectivity index (χ3n) is 4.75. The molecule has 1 aromatic carbocycles. The van der Waals surface area contributed by atoms with E-state index >= 15 is 0 Å². The van der Waals surface area contributed by atoms with E-state index in [2.05, 4.69) is 16.9 Å². The number of esters is 1. The molecule has 6 heteroatoms. The average molecular weight is 421 g/mol. The lowest BCUT2D eigenvalue weighted by atomic mass is 10.0. The van der Waals surface area contributed by atoms with E-state index in [1.807, 2.05) is 19.9 Å². The second kappa shape index (κ2) is 11.9. The maximum atomic E-state index is 14.5. The molecule has 1 heterocycles. The van der Waals surface area contributed by atoms with Crippen LogP contribution in [0, 0.1) is 11.7 Å². The highest BCUT2D eigenvalue weighted by Crippen LogP contribution is 2.23. The van der Waals surface area contributed by atoms with Crippen LogP contribution in [0.4, 0.5) is 4.39 Å². The molecule has 0 fully saturated rings. The molecular weight excluding hydrogens is 391 g/mol. The van der Waals surface area contributed by atoms with Gasteiger partial charge in [0.05, 0.1) is 18.0 Å². The molecular formula is C23H30ClFN2O2. The second-order valence-electron chi connectivity index (χ2n) is 7.64. The van der Waals surface area contributed by atoms with Crippen molar-refractivity contribution in [2.75, 3.05) is 0 Å². The van der Waals surface area contributed by atoms with Crippen LogP contribution < -0.4 is 4.74 Å². The summed E-state index contributed by atoms with van der Waals surface area (Å²) in [6, 6.07) is 5.18. The Hall–Kier alpha value is -2.01. The van der Waals surface area contributed by atoms with Crippen LogP contribution in [0.2, 0.25) is 0 Å². The molecule has 1 aromatic heterocycles. The number of hydrogen-bond donors (Lipinski definition) is 0. The van der Waals surface area contributed by atoms with Gasteiger partial charge >= 0.3 is 5.97 Å². The first kappa shape index (κ1) is 23.3. The maximum Gasteiger partial charge on any atom is 0.329 e. The predicted octanol–water partition coefficient (Wildman–Crippen LogP) is 6.35. The van der Waals surface area contributed by atoms with Gasteiger partial charge in [-0.2, -0.15) is 0 Å². The van der Waals surface area contributed by atoms with Gasteiger partial charge in [0.15, 0.2) is 11.6 Å². The number of aromatic nitrogens is 2. The smallest absolute Gasteiger partial charge is 0.329 e. The molecule has 1 unspecified atom stereocenters. The number of carbonyl (C=O) groups is 1. The lowest BCUT2D eigenvalue weighted by Gasteiger charge is -2.12. The molecule has 0 aliphatic heterocycles. The standard InChI is InChI=1S/C23H30ClFN2O2/c1-4-5-6-7-8-9-10-17-11-12-19(20(25)13-17)22-26-14-18(15-27-22)29-23(28)21(24)16(2)3/h11-16,21H,4-10H2,1-3H3. The number of carbonyl (C=O) groups excluding carboxylic acids is 1. The molecule has 0 aliphatic rings. The Bertz CT molecular complexity index is 781. The Balaban J connectivity index is 1.94. The van der Waals surface area contributed by atoms with Crippen LogP contribution in [0.3, 0.4) is 0 Å². The summed E-state index contributed by atoms with van der Waals surface area (Å²) in [6.45, 7) is 5.87. The van der Waals surface area contributed by atoms with E-state index in [0.29, 0.717) is 5.56 Å².